The van der Waals surface area contributed by atoms with Gasteiger partial charge in [-0.3, -0.25) is 0 Å². The zero-order chi connectivity index (χ0) is 15.4. The third kappa shape index (κ3) is 2.15. The number of aromatic nitrogens is 1. The standard InChI is InChI=1S/C10H15.C8H12N.Zr/c1-7-6-10(4,5)9(3)8(7)2;1-6-5-9(4)8(3)7(6)2;/h1-5H3;1-4H3;. The molecular formula is C18H27NZr. The van der Waals surface area contributed by atoms with E-state index in [4.69, 9.17) is 0 Å². The van der Waals surface area contributed by atoms with Crippen LogP contribution in [0.15, 0.2) is 20.0 Å². The quantitative estimate of drug-likeness (QED) is 0.750. The van der Waals surface area contributed by atoms with Gasteiger partial charge < -0.3 is 0 Å². The molecule has 0 bridgehead atoms. The molecule has 0 unspecified atom stereocenters. The van der Waals surface area contributed by atoms with Crippen molar-refractivity contribution >= 4 is 3.40 Å². The van der Waals surface area contributed by atoms with Crippen molar-refractivity contribution in [1.82, 2.24) is 4.57 Å². The van der Waals surface area contributed by atoms with Gasteiger partial charge in [0.1, 0.15) is 0 Å². The van der Waals surface area contributed by atoms with Crippen molar-refractivity contribution in [3.63, 3.8) is 0 Å². The molecule has 1 nitrogen and oxygen atoms in total. The van der Waals surface area contributed by atoms with E-state index in [-0.39, 0.29) is 5.41 Å². The molecular weight excluding hydrogens is 321 g/mol. The second-order valence-electron chi connectivity index (χ2n) is 6.74. The summed E-state index contributed by atoms with van der Waals surface area (Å²) < 4.78 is 5.87. The molecule has 0 fully saturated rings. The van der Waals surface area contributed by atoms with Crippen LogP contribution in [0.1, 0.15) is 51.4 Å². The molecule has 1 aliphatic carbocycles. The zero-order valence-corrected chi connectivity index (χ0v) is 16.9. The van der Waals surface area contributed by atoms with Gasteiger partial charge in [0, 0.05) is 0 Å². The van der Waals surface area contributed by atoms with E-state index in [1.54, 1.807) is 17.8 Å². The first-order valence-corrected chi connectivity index (χ1v) is 9.85. The summed E-state index contributed by atoms with van der Waals surface area (Å²) in [6.07, 6.45) is 0. The van der Waals surface area contributed by atoms with Gasteiger partial charge in [-0.1, -0.05) is 0 Å². The summed E-state index contributed by atoms with van der Waals surface area (Å²) in [5, 5.41) is 0. The normalized spacial score (nSPS) is 18.2. The van der Waals surface area contributed by atoms with E-state index in [1.165, 1.54) is 22.4 Å². The Kier molecular flexibility index (Phi) is 4.11. The van der Waals surface area contributed by atoms with E-state index in [1.807, 2.05) is 0 Å². The summed E-state index contributed by atoms with van der Waals surface area (Å²) in [6, 6.07) is 0. The van der Waals surface area contributed by atoms with Crippen molar-refractivity contribution in [3.05, 3.63) is 36.8 Å². The van der Waals surface area contributed by atoms with Crippen LogP contribution in [0.4, 0.5) is 0 Å². The van der Waals surface area contributed by atoms with Gasteiger partial charge in [-0.05, 0) is 0 Å². The second-order valence-corrected chi connectivity index (χ2v) is 9.75. The molecule has 1 aromatic heterocycles. The second kappa shape index (κ2) is 5.13. The van der Waals surface area contributed by atoms with Crippen LogP contribution in [0, 0.1) is 26.2 Å². The molecule has 2 rings (SSSR count). The zero-order valence-electron chi connectivity index (χ0n) is 14.4. The van der Waals surface area contributed by atoms with Crippen LogP contribution in [0.3, 0.4) is 0 Å². The van der Waals surface area contributed by atoms with Crippen molar-refractivity contribution in [2.24, 2.45) is 12.5 Å². The van der Waals surface area contributed by atoms with E-state index in [0.29, 0.717) is 0 Å². The first-order valence-electron chi connectivity index (χ1n) is 7.39. The van der Waals surface area contributed by atoms with Crippen LogP contribution in [-0.4, -0.2) is 4.57 Å². The van der Waals surface area contributed by atoms with Gasteiger partial charge in [-0.15, -0.1) is 0 Å². The van der Waals surface area contributed by atoms with Crippen molar-refractivity contribution < 1.29 is 23.2 Å². The van der Waals surface area contributed by atoms with Gasteiger partial charge in [0.2, 0.25) is 0 Å². The first-order chi connectivity index (χ1) is 9.10. The SMILES string of the molecule is CC1=C(C)C(C)(C)[C]([Zr][c]2c(C)c(C)c(C)n2C)=C1C. The Morgan fingerprint density at radius 2 is 1.40 bits per heavy atom. The van der Waals surface area contributed by atoms with Crippen LogP contribution in [0.25, 0.3) is 0 Å². The topological polar surface area (TPSA) is 4.93 Å². The van der Waals surface area contributed by atoms with E-state index in [9.17, 15) is 0 Å². The fourth-order valence-corrected chi connectivity index (χ4v) is 7.74. The maximum absolute atomic E-state index is 2.45. The van der Waals surface area contributed by atoms with Crippen molar-refractivity contribution in [1.29, 1.82) is 0 Å². The summed E-state index contributed by atoms with van der Waals surface area (Å²) in [5.74, 6) is 0. The van der Waals surface area contributed by atoms with Crippen molar-refractivity contribution in [3.8, 4) is 0 Å². The Morgan fingerprint density at radius 3 is 1.75 bits per heavy atom. The number of hydrogen-bond acceptors (Lipinski definition) is 0. The molecule has 20 heavy (non-hydrogen) atoms. The predicted octanol–water partition coefficient (Wildman–Crippen LogP) is 4.31. The van der Waals surface area contributed by atoms with Gasteiger partial charge in [-0.25, -0.2) is 0 Å². The van der Waals surface area contributed by atoms with Gasteiger partial charge in [-0.2, -0.15) is 0 Å². The molecule has 1 heterocycles. The average molecular weight is 349 g/mol. The van der Waals surface area contributed by atoms with Gasteiger partial charge in [0.05, 0.1) is 0 Å². The Bertz CT molecular complexity index is 613. The van der Waals surface area contributed by atoms with Crippen LogP contribution in [0.5, 0.6) is 0 Å². The number of hydrogen-bond donors (Lipinski definition) is 0. The molecule has 0 atom stereocenters. The minimum absolute atomic E-state index is 0.277. The summed E-state index contributed by atoms with van der Waals surface area (Å²) >= 11 is -0.740. The third-order valence-corrected chi connectivity index (χ3v) is 11.0. The van der Waals surface area contributed by atoms with Crippen LogP contribution >= 0.6 is 0 Å². The molecule has 0 saturated carbocycles. The number of allylic oxidation sites excluding steroid dienone is 4. The number of rotatable bonds is 2. The Labute approximate surface area is 135 Å². The summed E-state index contributed by atoms with van der Waals surface area (Å²) in [4.78, 5) is 0. The van der Waals surface area contributed by atoms with Gasteiger partial charge in [0.15, 0.2) is 0 Å². The minimum atomic E-state index is -0.740. The van der Waals surface area contributed by atoms with E-state index in [0.717, 1.165) is 0 Å². The Balaban J connectivity index is 2.50. The van der Waals surface area contributed by atoms with Gasteiger partial charge in [0.25, 0.3) is 0 Å². The molecule has 1 aromatic rings. The molecule has 0 saturated heterocycles. The average Bonchev–Trinajstić information content (AvgIpc) is 2.66. The van der Waals surface area contributed by atoms with Crippen LogP contribution < -0.4 is 3.40 Å². The summed E-state index contributed by atoms with van der Waals surface area (Å²) in [5.41, 5.74) is 9.42. The summed E-state index contributed by atoms with van der Waals surface area (Å²) in [6.45, 7) is 18.6. The molecule has 0 amide bonds. The molecule has 0 aliphatic heterocycles. The molecule has 1 aliphatic rings. The van der Waals surface area contributed by atoms with E-state index >= 15 is 0 Å². The van der Waals surface area contributed by atoms with Gasteiger partial charge >= 0.3 is 136 Å². The van der Waals surface area contributed by atoms with Crippen molar-refractivity contribution in [2.75, 3.05) is 0 Å². The Hall–Kier alpha value is -0.357. The van der Waals surface area contributed by atoms with E-state index < -0.39 is 23.2 Å². The van der Waals surface area contributed by atoms with Crippen LogP contribution in [0.2, 0.25) is 0 Å². The first kappa shape index (κ1) is 16.0. The molecule has 0 spiro atoms. The monoisotopic (exact) mass is 347 g/mol. The predicted molar refractivity (Wildman–Crippen MR) is 84.1 cm³/mol. The molecule has 2 heteroatoms. The molecule has 108 valence electrons. The van der Waals surface area contributed by atoms with E-state index in [2.05, 4.69) is 67.0 Å². The summed E-state index contributed by atoms with van der Waals surface area (Å²) in [7, 11) is 2.25. The number of nitrogens with zero attached hydrogens (tertiary/aromatic N) is 1. The van der Waals surface area contributed by atoms with Crippen LogP contribution in [-0.2, 0) is 30.3 Å². The maximum atomic E-state index is 2.45. The fourth-order valence-electron chi connectivity index (χ4n) is 3.26. The molecule has 0 N–H and O–H groups in total. The Morgan fingerprint density at radius 1 is 0.850 bits per heavy atom. The third-order valence-electron chi connectivity index (χ3n) is 5.60. The molecule has 0 radical (unpaired) electrons. The van der Waals surface area contributed by atoms with Crippen molar-refractivity contribution in [2.45, 2.75) is 55.4 Å². The fraction of sp³-hybridized carbons (Fsp3) is 0.556. The molecule has 0 aromatic carbocycles.